The number of aromatic nitrogens is 2. The highest BCUT2D eigenvalue weighted by atomic mass is 32.2. The maximum Gasteiger partial charge on any atom is 0.244 e. The zero-order valence-electron chi connectivity index (χ0n) is 11.8. The average Bonchev–Trinajstić information content (AvgIpc) is 2.90. The molecule has 2 aliphatic rings. The fraction of sp³-hybridized carbons (Fsp3) is 0.692. The van der Waals surface area contributed by atoms with E-state index in [1.165, 1.54) is 29.9 Å². The Hall–Kier alpha value is -1.41. The van der Waals surface area contributed by atoms with Gasteiger partial charge >= 0.3 is 0 Å². The molecule has 0 aliphatic heterocycles. The molecule has 0 atom stereocenters. The van der Waals surface area contributed by atoms with Crippen LogP contribution in [0.1, 0.15) is 38.5 Å². The molecule has 0 aromatic carbocycles. The van der Waals surface area contributed by atoms with Gasteiger partial charge in [-0.2, -0.15) is 5.10 Å². The normalized spacial score (nSPS) is 19.9. The van der Waals surface area contributed by atoms with Gasteiger partial charge in [-0.25, -0.2) is 13.6 Å². The fourth-order valence-electron chi connectivity index (χ4n) is 3.04. The van der Waals surface area contributed by atoms with Crippen molar-refractivity contribution < 1.29 is 13.2 Å². The third-order valence-corrected chi connectivity index (χ3v) is 5.05. The van der Waals surface area contributed by atoms with Crippen LogP contribution < -0.4 is 5.14 Å². The summed E-state index contributed by atoms with van der Waals surface area (Å²) in [6.45, 7) is 0.0719. The molecule has 21 heavy (non-hydrogen) atoms. The summed E-state index contributed by atoms with van der Waals surface area (Å²) in [6, 6.07) is 0.715. The maximum absolute atomic E-state index is 12.5. The predicted molar refractivity (Wildman–Crippen MR) is 75.7 cm³/mol. The first-order valence-corrected chi connectivity index (χ1v) is 8.86. The van der Waals surface area contributed by atoms with E-state index in [0.29, 0.717) is 12.1 Å². The topological polar surface area (TPSA) is 98.3 Å². The molecule has 1 aromatic rings. The molecular weight excluding hydrogens is 292 g/mol. The van der Waals surface area contributed by atoms with Gasteiger partial charge in [0.1, 0.15) is 11.4 Å². The summed E-state index contributed by atoms with van der Waals surface area (Å²) in [7, 11) is -3.77. The average molecular weight is 312 g/mol. The highest BCUT2D eigenvalue weighted by Crippen LogP contribution is 2.34. The monoisotopic (exact) mass is 312 g/mol. The van der Waals surface area contributed by atoms with E-state index < -0.39 is 10.0 Å². The molecule has 0 spiro atoms. The summed E-state index contributed by atoms with van der Waals surface area (Å²) in [4.78, 5) is 14.5. The Bertz CT molecular complexity index is 630. The van der Waals surface area contributed by atoms with Gasteiger partial charge < -0.3 is 4.90 Å². The van der Waals surface area contributed by atoms with Gasteiger partial charge in [0.15, 0.2) is 0 Å². The third-order valence-electron chi connectivity index (χ3n) is 4.18. The van der Waals surface area contributed by atoms with Crippen LogP contribution in [0.3, 0.4) is 0 Å². The van der Waals surface area contributed by atoms with Gasteiger partial charge in [0.2, 0.25) is 15.9 Å². The van der Waals surface area contributed by atoms with Crippen molar-refractivity contribution in [3.8, 4) is 0 Å². The summed E-state index contributed by atoms with van der Waals surface area (Å²) in [5, 5.41) is 8.96. The molecule has 8 heteroatoms. The Labute approximate surface area is 124 Å². The SMILES string of the molecule is NS(=O)(=O)c1cnn(CC(=O)N(C2CCCC2)C2CC2)c1. The second-order valence-electron chi connectivity index (χ2n) is 5.89. The van der Waals surface area contributed by atoms with Crippen LogP contribution in [-0.2, 0) is 21.4 Å². The van der Waals surface area contributed by atoms with E-state index in [2.05, 4.69) is 5.10 Å². The highest BCUT2D eigenvalue weighted by Gasteiger charge is 2.38. The van der Waals surface area contributed by atoms with E-state index in [1.807, 2.05) is 4.90 Å². The lowest BCUT2D eigenvalue weighted by Crippen LogP contribution is -2.42. The molecular formula is C13H20N4O3S. The van der Waals surface area contributed by atoms with Crippen LogP contribution in [0.2, 0.25) is 0 Å². The smallest absolute Gasteiger partial charge is 0.244 e. The van der Waals surface area contributed by atoms with Gasteiger partial charge in [0.05, 0.1) is 6.20 Å². The molecule has 0 saturated heterocycles. The lowest BCUT2D eigenvalue weighted by molar-refractivity contribution is -0.135. The van der Waals surface area contributed by atoms with Crippen molar-refractivity contribution in [2.75, 3.05) is 0 Å². The van der Waals surface area contributed by atoms with Crippen molar-refractivity contribution in [2.24, 2.45) is 5.14 Å². The maximum atomic E-state index is 12.5. The van der Waals surface area contributed by atoms with Gasteiger partial charge in [0, 0.05) is 18.3 Å². The molecule has 2 N–H and O–H groups in total. The summed E-state index contributed by atoms with van der Waals surface area (Å²) >= 11 is 0. The van der Waals surface area contributed by atoms with Crippen molar-refractivity contribution in [1.29, 1.82) is 0 Å². The first kappa shape index (κ1) is 14.5. The van der Waals surface area contributed by atoms with Gasteiger partial charge in [-0.05, 0) is 25.7 Å². The van der Waals surface area contributed by atoms with E-state index in [4.69, 9.17) is 5.14 Å². The van der Waals surface area contributed by atoms with Crippen LogP contribution in [0.5, 0.6) is 0 Å². The second kappa shape index (κ2) is 5.42. The molecule has 0 unspecified atom stereocenters. The number of nitrogens with two attached hydrogens (primary N) is 1. The van der Waals surface area contributed by atoms with E-state index in [-0.39, 0.29) is 17.3 Å². The van der Waals surface area contributed by atoms with Gasteiger partial charge in [-0.3, -0.25) is 9.48 Å². The Morgan fingerprint density at radius 2 is 1.90 bits per heavy atom. The van der Waals surface area contributed by atoms with Crippen LogP contribution in [0.15, 0.2) is 17.3 Å². The third kappa shape index (κ3) is 3.26. The Morgan fingerprint density at radius 3 is 2.43 bits per heavy atom. The summed E-state index contributed by atoms with van der Waals surface area (Å²) in [6.07, 6.45) is 9.14. The molecule has 0 bridgehead atoms. The molecule has 1 aromatic heterocycles. The Balaban J connectivity index is 1.70. The number of hydrogen-bond acceptors (Lipinski definition) is 4. The number of rotatable bonds is 5. The van der Waals surface area contributed by atoms with Crippen molar-refractivity contribution in [3.63, 3.8) is 0 Å². The summed E-state index contributed by atoms with van der Waals surface area (Å²) < 4.78 is 23.8. The minimum absolute atomic E-state index is 0.0217. The second-order valence-corrected chi connectivity index (χ2v) is 7.45. The molecule has 116 valence electrons. The van der Waals surface area contributed by atoms with E-state index >= 15 is 0 Å². The first-order valence-electron chi connectivity index (χ1n) is 7.31. The minimum atomic E-state index is -3.77. The van der Waals surface area contributed by atoms with Crippen LogP contribution in [0.4, 0.5) is 0 Å². The van der Waals surface area contributed by atoms with Gasteiger partial charge in [-0.1, -0.05) is 12.8 Å². The molecule has 1 amide bonds. The fourth-order valence-corrected chi connectivity index (χ4v) is 3.50. The molecule has 0 radical (unpaired) electrons. The quantitative estimate of drug-likeness (QED) is 0.854. The van der Waals surface area contributed by atoms with Crippen LogP contribution in [0, 0.1) is 0 Å². The van der Waals surface area contributed by atoms with E-state index in [9.17, 15) is 13.2 Å². The molecule has 7 nitrogen and oxygen atoms in total. The molecule has 2 saturated carbocycles. The number of carbonyl (C=O) groups is 1. The van der Waals surface area contributed by atoms with Crippen LogP contribution >= 0.6 is 0 Å². The predicted octanol–water partition coefficient (Wildman–Crippen LogP) is 0.464. The molecule has 2 fully saturated rings. The molecule has 2 aliphatic carbocycles. The van der Waals surface area contributed by atoms with Crippen LogP contribution in [-0.4, -0.2) is 41.1 Å². The zero-order valence-corrected chi connectivity index (χ0v) is 12.6. The number of amides is 1. The molecule has 3 rings (SSSR count). The van der Waals surface area contributed by atoms with E-state index in [0.717, 1.165) is 25.7 Å². The first-order chi connectivity index (χ1) is 9.95. The van der Waals surface area contributed by atoms with E-state index in [1.54, 1.807) is 0 Å². The van der Waals surface area contributed by atoms with Crippen molar-refractivity contribution in [2.45, 2.75) is 62.0 Å². The number of sulfonamides is 1. The molecule has 1 heterocycles. The Morgan fingerprint density at radius 1 is 1.29 bits per heavy atom. The minimum Gasteiger partial charge on any atom is -0.335 e. The zero-order chi connectivity index (χ0) is 15.0. The van der Waals surface area contributed by atoms with Gasteiger partial charge in [0.25, 0.3) is 0 Å². The lowest BCUT2D eigenvalue weighted by Gasteiger charge is -2.29. The number of nitrogens with zero attached hydrogens (tertiary/aromatic N) is 3. The largest absolute Gasteiger partial charge is 0.335 e. The number of carbonyl (C=O) groups excluding carboxylic acids is 1. The summed E-state index contributed by atoms with van der Waals surface area (Å²) in [5.74, 6) is 0.0217. The highest BCUT2D eigenvalue weighted by molar-refractivity contribution is 7.89. The van der Waals surface area contributed by atoms with Gasteiger partial charge in [-0.15, -0.1) is 0 Å². The number of primary sulfonamides is 1. The lowest BCUT2D eigenvalue weighted by atomic mass is 10.2. The van der Waals surface area contributed by atoms with Crippen molar-refractivity contribution in [1.82, 2.24) is 14.7 Å². The standard InChI is InChI=1S/C13H20N4O3S/c14-21(19,20)12-7-15-16(8-12)9-13(18)17(11-5-6-11)10-3-1-2-4-10/h7-8,10-11H,1-6,9H2,(H2,14,19,20). The van der Waals surface area contributed by atoms with Crippen LogP contribution in [0.25, 0.3) is 0 Å². The summed E-state index contributed by atoms with van der Waals surface area (Å²) in [5.41, 5.74) is 0. The number of hydrogen-bond donors (Lipinski definition) is 1. The van der Waals surface area contributed by atoms with Crippen molar-refractivity contribution >= 4 is 15.9 Å². The Kier molecular flexibility index (Phi) is 3.75. The van der Waals surface area contributed by atoms with Crippen molar-refractivity contribution in [3.05, 3.63) is 12.4 Å².